The van der Waals surface area contributed by atoms with E-state index in [9.17, 15) is 14.0 Å². The second-order valence-electron chi connectivity index (χ2n) is 5.94. The minimum atomic E-state index is -0.512. The number of anilines is 1. The zero-order chi connectivity index (χ0) is 18.4. The second-order valence-corrected chi connectivity index (χ2v) is 5.94. The molecule has 1 fully saturated rings. The number of nitrogens with one attached hydrogen (secondary N) is 3. The molecule has 1 unspecified atom stereocenters. The Kier molecular flexibility index (Phi) is 7.72. The summed E-state index contributed by atoms with van der Waals surface area (Å²) in [6.45, 7) is 2.04. The van der Waals surface area contributed by atoms with Gasteiger partial charge in [-0.05, 0) is 42.0 Å². The first-order valence-electron chi connectivity index (χ1n) is 8.38. The standard InChI is InChI=1S/C19H20FN3O3.ClH/c20-15-5-1-13(2-6-15)11-22-18(24)14-3-7-16(8-4-14)23-19(25)17-12-21-9-10-26-17;/h1-8,17,21H,9-12H2,(H,22,24)(H,23,25);1H. The molecule has 1 atom stereocenters. The van der Waals surface area contributed by atoms with E-state index in [0.717, 1.165) is 12.1 Å². The van der Waals surface area contributed by atoms with Gasteiger partial charge in [-0.25, -0.2) is 4.39 Å². The molecule has 0 radical (unpaired) electrons. The summed E-state index contributed by atoms with van der Waals surface area (Å²) in [7, 11) is 0. The predicted molar refractivity (Wildman–Crippen MR) is 102 cm³/mol. The van der Waals surface area contributed by atoms with Crippen molar-refractivity contribution in [1.29, 1.82) is 0 Å². The maximum atomic E-state index is 12.9. The number of hydrogen-bond acceptors (Lipinski definition) is 4. The Labute approximate surface area is 162 Å². The van der Waals surface area contributed by atoms with Crippen LogP contribution in [0.3, 0.4) is 0 Å². The number of morpholine rings is 1. The van der Waals surface area contributed by atoms with Crippen LogP contribution in [-0.2, 0) is 16.1 Å². The SMILES string of the molecule is Cl.O=C(NCc1ccc(F)cc1)c1ccc(NC(=O)C2CNCCO2)cc1. The second kappa shape index (κ2) is 10.0. The van der Waals surface area contributed by atoms with Gasteiger partial charge in [0.15, 0.2) is 0 Å². The molecule has 0 saturated carbocycles. The fraction of sp³-hybridized carbons (Fsp3) is 0.263. The number of ether oxygens (including phenoxy) is 1. The summed E-state index contributed by atoms with van der Waals surface area (Å²) in [5.41, 5.74) is 1.88. The highest BCUT2D eigenvalue weighted by Gasteiger charge is 2.21. The van der Waals surface area contributed by atoms with Crippen LogP contribution in [0.25, 0.3) is 0 Å². The van der Waals surface area contributed by atoms with E-state index >= 15 is 0 Å². The normalized spacial score (nSPS) is 16.1. The fourth-order valence-corrected chi connectivity index (χ4v) is 2.55. The Morgan fingerprint density at radius 1 is 1.11 bits per heavy atom. The lowest BCUT2D eigenvalue weighted by molar-refractivity contribution is -0.128. The highest BCUT2D eigenvalue weighted by molar-refractivity contribution is 5.97. The zero-order valence-corrected chi connectivity index (χ0v) is 15.4. The van der Waals surface area contributed by atoms with Gasteiger partial charge < -0.3 is 20.7 Å². The molecular formula is C19H21ClFN3O3. The molecule has 0 spiro atoms. The molecule has 0 aliphatic carbocycles. The molecule has 1 aliphatic heterocycles. The van der Waals surface area contributed by atoms with Crippen molar-refractivity contribution in [1.82, 2.24) is 10.6 Å². The predicted octanol–water partition coefficient (Wildman–Crippen LogP) is 2.10. The minimum Gasteiger partial charge on any atom is -0.366 e. The third-order valence-corrected chi connectivity index (χ3v) is 4.00. The van der Waals surface area contributed by atoms with Gasteiger partial charge in [-0.15, -0.1) is 12.4 Å². The van der Waals surface area contributed by atoms with E-state index in [2.05, 4.69) is 16.0 Å². The Hall–Kier alpha value is -2.48. The van der Waals surface area contributed by atoms with Gasteiger partial charge in [0.05, 0.1) is 6.61 Å². The van der Waals surface area contributed by atoms with Gasteiger partial charge in [-0.2, -0.15) is 0 Å². The molecule has 3 N–H and O–H groups in total. The third-order valence-electron chi connectivity index (χ3n) is 4.00. The Bertz CT molecular complexity index is 763. The molecule has 1 aliphatic rings. The van der Waals surface area contributed by atoms with Crippen LogP contribution < -0.4 is 16.0 Å². The van der Waals surface area contributed by atoms with Crippen molar-refractivity contribution in [3.05, 3.63) is 65.5 Å². The first-order valence-corrected chi connectivity index (χ1v) is 8.38. The van der Waals surface area contributed by atoms with Crippen LogP contribution in [0.4, 0.5) is 10.1 Å². The smallest absolute Gasteiger partial charge is 0.254 e. The number of benzene rings is 2. The Morgan fingerprint density at radius 3 is 2.44 bits per heavy atom. The van der Waals surface area contributed by atoms with E-state index in [1.165, 1.54) is 12.1 Å². The summed E-state index contributed by atoms with van der Waals surface area (Å²) < 4.78 is 18.3. The lowest BCUT2D eigenvalue weighted by Gasteiger charge is -2.22. The monoisotopic (exact) mass is 393 g/mol. The molecule has 0 bridgehead atoms. The van der Waals surface area contributed by atoms with Crippen LogP contribution in [0.15, 0.2) is 48.5 Å². The summed E-state index contributed by atoms with van der Waals surface area (Å²) in [4.78, 5) is 24.3. The van der Waals surface area contributed by atoms with Gasteiger partial charge in [0.2, 0.25) is 0 Å². The van der Waals surface area contributed by atoms with Gasteiger partial charge in [0.1, 0.15) is 11.9 Å². The number of carbonyl (C=O) groups excluding carboxylic acids is 2. The van der Waals surface area contributed by atoms with Crippen molar-refractivity contribution in [2.75, 3.05) is 25.0 Å². The van der Waals surface area contributed by atoms with Crippen LogP contribution in [0.5, 0.6) is 0 Å². The average Bonchev–Trinajstić information content (AvgIpc) is 2.68. The van der Waals surface area contributed by atoms with Gasteiger partial charge in [-0.3, -0.25) is 9.59 Å². The van der Waals surface area contributed by atoms with E-state index in [-0.39, 0.29) is 30.0 Å². The van der Waals surface area contributed by atoms with E-state index in [1.54, 1.807) is 36.4 Å². The van der Waals surface area contributed by atoms with Crippen LogP contribution in [-0.4, -0.2) is 37.6 Å². The molecule has 2 amide bonds. The first kappa shape index (κ1) is 20.8. The van der Waals surface area contributed by atoms with Crippen molar-refractivity contribution in [3.63, 3.8) is 0 Å². The summed E-state index contributed by atoms with van der Waals surface area (Å²) >= 11 is 0. The molecule has 1 saturated heterocycles. The van der Waals surface area contributed by atoms with Gasteiger partial charge in [0, 0.05) is 30.9 Å². The van der Waals surface area contributed by atoms with E-state index in [0.29, 0.717) is 30.9 Å². The van der Waals surface area contributed by atoms with Crippen molar-refractivity contribution in [2.45, 2.75) is 12.6 Å². The lowest BCUT2D eigenvalue weighted by atomic mass is 10.1. The maximum absolute atomic E-state index is 12.9. The number of amides is 2. The van der Waals surface area contributed by atoms with Crippen LogP contribution in [0, 0.1) is 5.82 Å². The molecule has 2 aromatic rings. The Balaban J connectivity index is 0.00000261. The van der Waals surface area contributed by atoms with E-state index in [4.69, 9.17) is 4.74 Å². The van der Waals surface area contributed by atoms with Crippen molar-refractivity contribution in [2.24, 2.45) is 0 Å². The highest BCUT2D eigenvalue weighted by Crippen LogP contribution is 2.11. The number of halogens is 2. The number of hydrogen-bond donors (Lipinski definition) is 3. The van der Waals surface area contributed by atoms with Crippen LogP contribution >= 0.6 is 12.4 Å². The summed E-state index contributed by atoms with van der Waals surface area (Å²) in [6.07, 6.45) is -0.512. The molecule has 8 heteroatoms. The third kappa shape index (κ3) is 6.02. The summed E-state index contributed by atoms with van der Waals surface area (Å²) in [6, 6.07) is 12.6. The average molecular weight is 394 g/mol. The van der Waals surface area contributed by atoms with Crippen LogP contribution in [0.2, 0.25) is 0 Å². The number of carbonyl (C=O) groups is 2. The van der Waals surface area contributed by atoms with Gasteiger partial charge >= 0.3 is 0 Å². The highest BCUT2D eigenvalue weighted by atomic mass is 35.5. The van der Waals surface area contributed by atoms with Crippen molar-refractivity contribution >= 4 is 29.9 Å². The molecule has 144 valence electrons. The molecular weight excluding hydrogens is 373 g/mol. The van der Waals surface area contributed by atoms with Gasteiger partial charge in [-0.1, -0.05) is 12.1 Å². The molecule has 0 aromatic heterocycles. The molecule has 6 nitrogen and oxygen atoms in total. The fourth-order valence-electron chi connectivity index (χ4n) is 2.55. The summed E-state index contributed by atoms with van der Waals surface area (Å²) in [5, 5.41) is 8.64. The van der Waals surface area contributed by atoms with E-state index < -0.39 is 6.10 Å². The molecule has 27 heavy (non-hydrogen) atoms. The Morgan fingerprint density at radius 2 is 1.81 bits per heavy atom. The summed E-state index contributed by atoms with van der Waals surface area (Å²) in [5.74, 6) is -0.773. The first-order chi connectivity index (χ1) is 12.6. The quantitative estimate of drug-likeness (QED) is 0.727. The molecule has 2 aromatic carbocycles. The lowest BCUT2D eigenvalue weighted by Crippen LogP contribution is -2.45. The van der Waals surface area contributed by atoms with Crippen molar-refractivity contribution in [3.8, 4) is 0 Å². The van der Waals surface area contributed by atoms with E-state index in [1.807, 2.05) is 0 Å². The van der Waals surface area contributed by atoms with Crippen LogP contribution in [0.1, 0.15) is 15.9 Å². The molecule has 1 heterocycles. The zero-order valence-electron chi connectivity index (χ0n) is 14.5. The largest absolute Gasteiger partial charge is 0.366 e. The maximum Gasteiger partial charge on any atom is 0.254 e. The van der Waals surface area contributed by atoms with Crippen molar-refractivity contribution < 1.29 is 18.7 Å². The molecule has 3 rings (SSSR count). The number of rotatable bonds is 5. The van der Waals surface area contributed by atoms with Gasteiger partial charge in [0.25, 0.3) is 11.8 Å². The topological polar surface area (TPSA) is 79.5 Å². The minimum absolute atomic E-state index is 0.